The molecule has 0 bridgehead atoms. The first-order valence-electron chi connectivity index (χ1n) is 5.59. The van der Waals surface area contributed by atoms with Gasteiger partial charge < -0.3 is 4.42 Å². The van der Waals surface area contributed by atoms with Crippen molar-refractivity contribution >= 4 is 15.9 Å². The number of nitrogens with zero attached hydrogens (tertiary/aromatic N) is 2. The van der Waals surface area contributed by atoms with Gasteiger partial charge in [-0.15, -0.1) is 0 Å². The molecule has 0 unspecified atom stereocenters. The highest BCUT2D eigenvalue weighted by Gasteiger charge is 2.05. The monoisotopic (exact) mass is 304 g/mol. The maximum absolute atomic E-state index is 8.73. The van der Waals surface area contributed by atoms with Crippen molar-refractivity contribution in [2.45, 2.75) is 13.1 Å². The average molecular weight is 305 g/mol. The molecule has 1 aromatic heterocycles. The van der Waals surface area contributed by atoms with Crippen LogP contribution in [0.15, 0.2) is 45.5 Å². The lowest BCUT2D eigenvalue weighted by atomic mass is 10.1. The van der Waals surface area contributed by atoms with Gasteiger partial charge in [0.15, 0.2) is 4.67 Å². The minimum absolute atomic E-state index is 0.691. The SMILES string of the molecule is CN(Cc1ccc(C#N)cc1)Cc1ccc(Br)o1. The predicted molar refractivity (Wildman–Crippen MR) is 72.7 cm³/mol. The Morgan fingerprint density at radius 3 is 2.44 bits per heavy atom. The van der Waals surface area contributed by atoms with Crippen LogP contribution in [0, 0.1) is 11.3 Å². The van der Waals surface area contributed by atoms with Crippen molar-refractivity contribution in [3.8, 4) is 6.07 Å². The van der Waals surface area contributed by atoms with Crippen LogP contribution in [0.5, 0.6) is 0 Å². The Bertz CT molecular complexity index is 554. The minimum atomic E-state index is 0.691. The molecule has 0 N–H and O–H groups in total. The summed E-state index contributed by atoms with van der Waals surface area (Å²) in [6.45, 7) is 1.58. The van der Waals surface area contributed by atoms with Gasteiger partial charge in [-0.1, -0.05) is 12.1 Å². The first kappa shape index (κ1) is 12.9. The van der Waals surface area contributed by atoms with Crippen LogP contribution in [-0.2, 0) is 13.1 Å². The molecule has 92 valence electrons. The lowest BCUT2D eigenvalue weighted by Gasteiger charge is -2.15. The highest BCUT2D eigenvalue weighted by atomic mass is 79.9. The number of hydrogen-bond acceptors (Lipinski definition) is 3. The fourth-order valence-corrected chi connectivity index (χ4v) is 2.10. The number of furan rings is 1. The predicted octanol–water partition coefficient (Wildman–Crippen LogP) is 3.55. The molecule has 0 spiro atoms. The zero-order valence-electron chi connectivity index (χ0n) is 10.1. The van der Waals surface area contributed by atoms with Gasteiger partial charge in [0.1, 0.15) is 5.76 Å². The maximum Gasteiger partial charge on any atom is 0.169 e. The van der Waals surface area contributed by atoms with E-state index in [9.17, 15) is 0 Å². The molecule has 2 aromatic rings. The van der Waals surface area contributed by atoms with E-state index >= 15 is 0 Å². The van der Waals surface area contributed by atoms with Crippen molar-refractivity contribution in [2.75, 3.05) is 7.05 Å². The lowest BCUT2D eigenvalue weighted by molar-refractivity contribution is 0.285. The number of halogens is 1. The summed E-state index contributed by atoms with van der Waals surface area (Å²) in [7, 11) is 2.04. The smallest absolute Gasteiger partial charge is 0.169 e. The molecule has 0 atom stereocenters. The Balaban J connectivity index is 1.94. The third-order valence-corrected chi connectivity index (χ3v) is 3.02. The summed E-state index contributed by atoms with van der Waals surface area (Å²) in [6, 6.07) is 13.6. The van der Waals surface area contributed by atoms with Crippen LogP contribution in [0.3, 0.4) is 0 Å². The second kappa shape index (κ2) is 5.85. The van der Waals surface area contributed by atoms with E-state index in [4.69, 9.17) is 9.68 Å². The second-order valence-electron chi connectivity index (χ2n) is 4.19. The Labute approximate surface area is 115 Å². The third kappa shape index (κ3) is 3.46. The molecule has 0 aliphatic rings. The molecule has 0 aliphatic heterocycles. The molecule has 0 saturated carbocycles. The fourth-order valence-electron chi connectivity index (χ4n) is 1.76. The molecule has 1 heterocycles. The number of hydrogen-bond donors (Lipinski definition) is 0. The van der Waals surface area contributed by atoms with Crippen LogP contribution >= 0.6 is 15.9 Å². The Hall–Kier alpha value is -1.57. The zero-order chi connectivity index (χ0) is 13.0. The summed E-state index contributed by atoms with van der Waals surface area (Å²) in [5.41, 5.74) is 1.87. The van der Waals surface area contributed by atoms with Crippen LogP contribution in [0.4, 0.5) is 0 Å². The Morgan fingerprint density at radius 1 is 1.17 bits per heavy atom. The molecule has 4 heteroatoms. The van der Waals surface area contributed by atoms with Crippen molar-refractivity contribution in [1.29, 1.82) is 5.26 Å². The minimum Gasteiger partial charge on any atom is -0.453 e. The fraction of sp³-hybridized carbons (Fsp3) is 0.214. The van der Waals surface area contributed by atoms with Gasteiger partial charge in [0.25, 0.3) is 0 Å². The van der Waals surface area contributed by atoms with Gasteiger partial charge in [-0.3, -0.25) is 4.90 Å². The van der Waals surface area contributed by atoms with E-state index in [1.165, 1.54) is 5.56 Å². The van der Waals surface area contributed by atoms with Gasteiger partial charge in [-0.25, -0.2) is 0 Å². The summed E-state index contributed by atoms with van der Waals surface area (Å²) in [4.78, 5) is 2.16. The molecular formula is C14H13BrN2O. The number of nitriles is 1. The molecule has 18 heavy (non-hydrogen) atoms. The van der Waals surface area contributed by atoms with Crippen molar-refractivity contribution < 1.29 is 4.42 Å². The van der Waals surface area contributed by atoms with Crippen LogP contribution in [0.2, 0.25) is 0 Å². The van der Waals surface area contributed by atoms with E-state index < -0.39 is 0 Å². The summed E-state index contributed by atoms with van der Waals surface area (Å²) in [5.74, 6) is 0.929. The van der Waals surface area contributed by atoms with E-state index in [0.29, 0.717) is 5.56 Å². The molecule has 0 amide bonds. The molecule has 1 aromatic carbocycles. The quantitative estimate of drug-likeness (QED) is 0.867. The number of rotatable bonds is 4. The van der Waals surface area contributed by atoms with E-state index in [1.807, 2.05) is 43.4 Å². The van der Waals surface area contributed by atoms with Crippen LogP contribution in [0.1, 0.15) is 16.9 Å². The second-order valence-corrected chi connectivity index (χ2v) is 4.97. The van der Waals surface area contributed by atoms with Crippen molar-refractivity contribution in [1.82, 2.24) is 4.90 Å². The van der Waals surface area contributed by atoms with E-state index in [-0.39, 0.29) is 0 Å². The standard InChI is InChI=1S/C14H13BrN2O/c1-17(10-13-6-7-14(15)18-13)9-12-4-2-11(8-16)3-5-12/h2-7H,9-10H2,1H3. The Kier molecular flexibility index (Phi) is 4.19. The van der Waals surface area contributed by atoms with E-state index in [2.05, 4.69) is 26.9 Å². The van der Waals surface area contributed by atoms with E-state index in [0.717, 1.165) is 23.5 Å². The van der Waals surface area contributed by atoms with Gasteiger partial charge in [0.05, 0.1) is 18.2 Å². The molecule has 0 radical (unpaired) electrons. The summed E-state index contributed by atoms with van der Waals surface area (Å²) >= 11 is 3.29. The van der Waals surface area contributed by atoms with Crippen molar-refractivity contribution in [3.05, 3.63) is 58.0 Å². The van der Waals surface area contributed by atoms with Gasteiger partial charge in [-0.2, -0.15) is 5.26 Å². The lowest BCUT2D eigenvalue weighted by Crippen LogP contribution is -2.16. The molecular weight excluding hydrogens is 292 g/mol. The Morgan fingerprint density at radius 2 is 1.89 bits per heavy atom. The van der Waals surface area contributed by atoms with Crippen LogP contribution in [0.25, 0.3) is 0 Å². The highest BCUT2D eigenvalue weighted by Crippen LogP contribution is 2.16. The van der Waals surface area contributed by atoms with Gasteiger partial charge in [0, 0.05) is 6.54 Å². The first-order valence-corrected chi connectivity index (χ1v) is 6.38. The summed E-state index contributed by atoms with van der Waals surface area (Å²) in [6.07, 6.45) is 0. The molecule has 2 rings (SSSR count). The highest BCUT2D eigenvalue weighted by molar-refractivity contribution is 9.10. The molecule has 3 nitrogen and oxygen atoms in total. The van der Waals surface area contributed by atoms with Crippen LogP contribution in [-0.4, -0.2) is 11.9 Å². The molecule has 0 fully saturated rings. The maximum atomic E-state index is 8.73. The van der Waals surface area contributed by atoms with E-state index in [1.54, 1.807) is 0 Å². The normalized spacial score (nSPS) is 10.6. The first-order chi connectivity index (χ1) is 8.67. The van der Waals surface area contributed by atoms with Gasteiger partial charge in [-0.05, 0) is 52.8 Å². The number of benzene rings is 1. The average Bonchev–Trinajstić information content (AvgIpc) is 2.75. The van der Waals surface area contributed by atoms with Gasteiger partial charge >= 0.3 is 0 Å². The van der Waals surface area contributed by atoms with Crippen molar-refractivity contribution in [3.63, 3.8) is 0 Å². The largest absolute Gasteiger partial charge is 0.453 e. The molecule has 0 saturated heterocycles. The topological polar surface area (TPSA) is 40.2 Å². The zero-order valence-corrected chi connectivity index (χ0v) is 11.6. The van der Waals surface area contributed by atoms with Gasteiger partial charge in [0.2, 0.25) is 0 Å². The molecule has 0 aliphatic carbocycles. The summed E-state index contributed by atoms with van der Waals surface area (Å²) < 4.78 is 6.21. The summed E-state index contributed by atoms with van der Waals surface area (Å²) in [5, 5.41) is 8.73. The third-order valence-electron chi connectivity index (χ3n) is 2.59. The van der Waals surface area contributed by atoms with Crippen LogP contribution < -0.4 is 0 Å². The van der Waals surface area contributed by atoms with Crippen molar-refractivity contribution in [2.24, 2.45) is 0 Å².